The van der Waals surface area contributed by atoms with Gasteiger partial charge in [-0.3, -0.25) is 0 Å². The Balaban J connectivity index is 2.13. The van der Waals surface area contributed by atoms with Gasteiger partial charge in [0.25, 0.3) is 0 Å². The second kappa shape index (κ2) is 4.97. The van der Waals surface area contributed by atoms with Crippen molar-refractivity contribution in [2.45, 2.75) is 13.0 Å². The zero-order valence-electron chi connectivity index (χ0n) is 10.4. The van der Waals surface area contributed by atoms with Crippen LogP contribution in [0.4, 0.5) is 0 Å². The SMILES string of the molecule is Cc1c(Cl)cccc1C(O)c1csc2ccccc12. The molecule has 1 N–H and O–H groups in total. The molecule has 0 amide bonds. The fourth-order valence-electron chi connectivity index (χ4n) is 2.30. The lowest BCUT2D eigenvalue weighted by Gasteiger charge is -2.14. The Bertz CT molecular complexity index is 732. The molecular formula is C16H13ClOS. The van der Waals surface area contributed by atoms with E-state index in [4.69, 9.17) is 11.6 Å². The predicted molar refractivity (Wildman–Crippen MR) is 82.1 cm³/mol. The van der Waals surface area contributed by atoms with E-state index in [1.165, 1.54) is 4.70 Å². The van der Waals surface area contributed by atoms with Gasteiger partial charge in [0.1, 0.15) is 6.10 Å². The van der Waals surface area contributed by atoms with E-state index in [2.05, 4.69) is 6.07 Å². The van der Waals surface area contributed by atoms with Crippen molar-refractivity contribution in [1.82, 2.24) is 0 Å². The summed E-state index contributed by atoms with van der Waals surface area (Å²) < 4.78 is 1.19. The van der Waals surface area contributed by atoms with Gasteiger partial charge in [-0.1, -0.05) is 41.9 Å². The van der Waals surface area contributed by atoms with Gasteiger partial charge in [-0.25, -0.2) is 0 Å². The van der Waals surface area contributed by atoms with Crippen LogP contribution in [0.2, 0.25) is 5.02 Å². The summed E-state index contributed by atoms with van der Waals surface area (Å²) in [5.74, 6) is 0. The first kappa shape index (κ1) is 12.7. The molecule has 3 heteroatoms. The molecule has 19 heavy (non-hydrogen) atoms. The number of hydrogen-bond donors (Lipinski definition) is 1. The van der Waals surface area contributed by atoms with Crippen LogP contribution in [-0.2, 0) is 0 Å². The Morgan fingerprint density at radius 1 is 1.05 bits per heavy atom. The summed E-state index contributed by atoms with van der Waals surface area (Å²) in [6.45, 7) is 1.94. The van der Waals surface area contributed by atoms with Gasteiger partial charge >= 0.3 is 0 Å². The van der Waals surface area contributed by atoms with Crippen molar-refractivity contribution >= 4 is 33.0 Å². The Kier molecular flexibility index (Phi) is 3.31. The minimum atomic E-state index is -0.630. The quantitative estimate of drug-likeness (QED) is 0.708. The van der Waals surface area contributed by atoms with Crippen LogP contribution >= 0.6 is 22.9 Å². The smallest absolute Gasteiger partial charge is 0.106 e. The summed E-state index contributed by atoms with van der Waals surface area (Å²) >= 11 is 7.78. The molecule has 3 rings (SSSR count). The van der Waals surface area contributed by atoms with Gasteiger partial charge in [-0.2, -0.15) is 0 Å². The molecule has 0 saturated carbocycles. The topological polar surface area (TPSA) is 20.2 Å². The minimum absolute atomic E-state index is 0.630. The largest absolute Gasteiger partial charge is 0.384 e. The molecule has 96 valence electrons. The van der Waals surface area contributed by atoms with Crippen LogP contribution in [0.3, 0.4) is 0 Å². The molecule has 0 radical (unpaired) electrons. The summed E-state index contributed by atoms with van der Waals surface area (Å²) in [7, 11) is 0. The van der Waals surface area contributed by atoms with Crippen molar-refractivity contribution in [3.05, 3.63) is 69.6 Å². The lowest BCUT2D eigenvalue weighted by molar-refractivity contribution is 0.221. The van der Waals surface area contributed by atoms with E-state index in [-0.39, 0.29) is 0 Å². The van der Waals surface area contributed by atoms with Gasteiger partial charge < -0.3 is 5.11 Å². The summed E-state index contributed by atoms with van der Waals surface area (Å²) in [6, 6.07) is 13.8. The van der Waals surface area contributed by atoms with E-state index in [1.54, 1.807) is 11.3 Å². The van der Waals surface area contributed by atoms with E-state index in [0.29, 0.717) is 5.02 Å². The standard InChI is InChI=1S/C16H13ClOS/c1-10-11(6-4-7-14(10)17)16(18)13-9-19-15-8-3-2-5-12(13)15/h2-9,16,18H,1H3. The van der Waals surface area contributed by atoms with E-state index in [1.807, 2.05) is 48.7 Å². The van der Waals surface area contributed by atoms with Crippen molar-refractivity contribution in [2.75, 3.05) is 0 Å². The van der Waals surface area contributed by atoms with Gasteiger partial charge in [0.15, 0.2) is 0 Å². The third-order valence-electron chi connectivity index (χ3n) is 3.41. The summed E-state index contributed by atoms with van der Waals surface area (Å²) in [6.07, 6.45) is -0.630. The van der Waals surface area contributed by atoms with Gasteiger partial charge in [0.05, 0.1) is 0 Å². The molecule has 1 heterocycles. The molecule has 1 aromatic heterocycles. The molecule has 3 aromatic rings. The molecule has 0 aliphatic rings. The average Bonchev–Trinajstić information content (AvgIpc) is 2.85. The van der Waals surface area contributed by atoms with Gasteiger partial charge in [0, 0.05) is 15.3 Å². The number of halogens is 1. The second-order valence-corrected chi connectivity index (χ2v) is 5.86. The van der Waals surface area contributed by atoms with Crippen molar-refractivity contribution < 1.29 is 5.11 Å². The van der Waals surface area contributed by atoms with Crippen LogP contribution in [0.15, 0.2) is 47.8 Å². The second-order valence-electron chi connectivity index (χ2n) is 4.54. The lowest BCUT2D eigenvalue weighted by atomic mass is 9.97. The molecular weight excluding hydrogens is 276 g/mol. The molecule has 0 spiro atoms. The maximum Gasteiger partial charge on any atom is 0.106 e. The lowest BCUT2D eigenvalue weighted by Crippen LogP contribution is -2.01. The van der Waals surface area contributed by atoms with Crippen molar-refractivity contribution in [1.29, 1.82) is 0 Å². The Labute approximate surface area is 121 Å². The molecule has 0 aliphatic heterocycles. The Morgan fingerprint density at radius 3 is 2.68 bits per heavy atom. The number of hydrogen-bond acceptors (Lipinski definition) is 2. The van der Waals surface area contributed by atoms with Crippen LogP contribution in [0.5, 0.6) is 0 Å². The highest BCUT2D eigenvalue weighted by Crippen LogP contribution is 2.35. The predicted octanol–water partition coefficient (Wildman–Crippen LogP) is 4.94. The molecule has 2 aromatic carbocycles. The number of aliphatic hydroxyl groups excluding tert-OH is 1. The van der Waals surface area contributed by atoms with E-state index >= 15 is 0 Å². The van der Waals surface area contributed by atoms with Crippen molar-refractivity contribution in [3.63, 3.8) is 0 Å². The first-order valence-electron chi connectivity index (χ1n) is 6.07. The van der Waals surface area contributed by atoms with Crippen molar-refractivity contribution in [3.8, 4) is 0 Å². The van der Waals surface area contributed by atoms with Gasteiger partial charge in [0.2, 0.25) is 0 Å². The molecule has 0 fully saturated rings. The summed E-state index contributed by atoms with van der Waals surface area (Å²) in [5.41, 5.74) is 2.76. The maximum absolute atomic E-state index is 10.6. The Hall–Kier alpha value is -1.35. The molecule has 1 atom stereocenters. The van der Waals surface area contributed by atoms with Crippen LogP contribution in [0.25, 0.3) is 10.1 Å². The number of thiophene rings is 1. The number of rotatable bonds is 2. The highest BCUT2D eigenvalue weighted by atomic mass is 35.5. The van der Waals surface area contributed by atoms with E-state index < -0.39 is 6.10 Å². The Morgan fingerprint density at radius 2 is 1.84 bits per heavy atom. The highest BCUT2D eigenvalue weighted by Gasteiger charge is 2.17. The molecule has 1 unspecified atom stereocenters. The number of aliphatic hydroxyl groups is 1. The zero-order valence-corrected chi connectivity index (χ0v) is 12.0. The molecule has 0 aliphatic carbocycles. The monoisotopic (exact) mass is 288 g/mol. The first-order valence-corrected chi connectivity index (χ1v) is 7.33. The number of fused-ring (bicyclic) bond motifs is 1. The molecule has 0 bridgehead atoms. The summed E-state index contributed by atoms with van der Waals surface area (Å²) in [4.78, 5) is 0. The van der Waals surface area contributed by atoms with E-state index in [0.717, 1.165) is 22.1 Å². The third-order valence-corrected chi connectivity index (χ3v) is 4.80. The average molecular weight is 289 g/mol. The molecule has 0 saturated heterocycles. The fourth-order valence-corrected chi connectivity index (χ4v) is 3.46. The van der Waals surface area contributed by atoms with Gasteiger partial charge in [-0.05, 0) is 40.9 Å². The normalized spacial score (nSPS) is 12.8. The highest BCUT2D eigenvalue weighted by molar-refractivity contribution is 7.17. The number of benzene rings is 2. The maximum atomic E-state index is 10.6. The minimum Gasteiger partial charge on any atom is -0.384 e. The van der Waals surface area contributed by atoms with Gasteiger partial charge in [-0.15, -0.1) is 11.3 Å². The first-order chi connectivity index (χ1) is 9.18. The van der Waals surface area contributed by atoms with Crippen molar-refractivity contribution in [2.24, 2.45) is 0 Å². The third kappa shape index (κ3) is 2.16. The van der Waals surface area contributed by atoms with Crippen LogP contribution in [0, 0.1) is 6.92 Å². The van der Waals surface area contributed by atoms with Crippen LogP contribution in [-0.4, -0.2) is 5.11 Å². The van der Waals surface area contributed by atoms with E-state index in [9.17, 15) is 5.11 Å². The fraction of sp³-hybridized carbons (Fsp3) is 0.125. The zero-order chi connectivity index (χ0) is 13.4. The van der Waals surface area contributed by atoms with Crippen LogP contribution < -0.4 is 0 Å². The van der Waals surface area contributed by atoms with Crippen LogP contribution in [0.1, 0.15) is 22.8 Å². The molecule has 1 nitrogen and oxygen atoms in total. The summed E-state index contributed by atoms with van der Waals surface area (Å²) in [5, 5.41) is 14.5.